The SMILES string of the molecule is CC(C)(C)c1nnsc1C(=O)C1CCOCC1. The quantitative estimate of drug-likeness (QED) is 0.761. The van der Waals surface area contributed by atoms with Crippen LogP contribution in [0.2, 0.25) is 0 Å². The molecule has 5 heteroatoms. The monoisotopic (exact) mass is 254 g/mol. The third-order valence-electron chi connectivity index (χ3n) is 3.01. The van der Waals surface area contributed by atoms with Crippen LogP contribution in [0.15, 0.2) is 0 Å². The van der Waals surface area contributed by atoms with Gasteiger partial charge in [-0.25, -0.2) is 0 Å². The van der Waals surface area contributed by atoms with Gasteiger partial charge in [-0.3, -0.25) is 4.79 Å². The molecule has 0 aromatic carbocycles. The Morgan fingerprint density at radius 1 is 1.35 bits per heavy atom. The summed E-state index contributed by atoms with van der Waals surface area (Å²) < 4.78 is 9.23. The molecule has 0 amide bonds. The highest BCUT2D eigenvalue weighted by atomic mass is 32.1. The zero-order valence-electron chi connectivity index (χ0n) is 10.5. The summed E-state index contributed by atoms with van der Waals surface area (Å²) in [4.78, 5) is 13.1. The lowest BCUT2D eigenvalue weighted by Gasteiger charge is -2.22. The number of Topliss-reactive ketones (excluding diaryl/α,β-unsaturated/α-hetero) is 1. The summed E-state index contributed by atoms with van der Waals surface area (Å²) in [6.45, 7) is 7.56. The largest absolute Gasteiger partial charge is 0.381 e. The number of rotatable bonds is 2. The molecule has 1 aromatic rings. The molecule has 0 saturated carbocycles. The first kappa shape index (κ1) is 12.6. The lowest BCUT2D eigenvalue weighted by molar-refractivity contribution is 0.0546. The summed E-state index contributed by atoms with van der Waals surface area (Å²) >= 11 is 1.23. The minimum Gasteiger partial charge on any atom is -0.381 e. The normalized spacial score (nSPS) is 18.3. The maximum absolute atomic E-state index is 12.4. The number of hydrogen-bond donors (Lipinski definition) is 0. The molecule has 1 saturated heterocycles. The molecule has 0 radical (unpaired) electrons. The Balaban J connectivity index is 2.22. The first-order valence-corrected chi connectivity index (χ1v) is 6.72. The second-order valence-electron chi connectivity index (χ2n) is 5.45. The van der Waals surface area contributed by atoms with E-state index in [-0.39, 0.29) is 17.1 Å². The minimum atomic E-state index is -0.122. The van der Waals surface area contributed by atoms with Gasteiger partial charge in [0.15, 0.2) is 5.78 Å². The number of carbonyl (C=O) groups is 1. The number of aromatic nitrogens is 2. The van der Waals surface area contributed by atoms with Crippen LogP contribution in [0.5, 0.6) is 0 Å². The van der Waals surface area contributed by atoms with E-state index in [0.29, 0.717) is 13.2 Å². The number of hydrogen-bond acceptors (Lipinski definition) is 5. The van der Waals surface area contributed by atoms with Gasteiger partial charge in [0, 0.05) is 24.5 Å². The molecule has 0 spiro atoms. The number of carbonyl (C=O) groups excluding carboxylic acids is 1. The highest BCUT2D eigenvalue weighted by molar-refractivity contribution is 7.08. The van der Waals surface area contributed by atoms with Gasteiger partial charge in [-0.05, 0) is 24.4 Å². The Kier molecular flexibility index (Phi) is 3.58. The topological polar surface area (TPSA) is 52.1 Å². The van der Waals surface area contributed by atoms with Crippen LogP contribution in [-0.4, -0.2) is 28.6 Å². The van der Waals surface area contributed by atoms with Crippen molar-refractivity contribution >= 4 is 17.3 Å². The van der Waals surface area contributed by atoms with Crippen molar-refractivity contribution < 1.29 is 9.53 Å². The fraction of sp³-hybridized carbons (Fsp3) is 0.750. The van der Waals surface area contributed by atoms with Gasteiger partial charge in [0.2, 0.25) is 0 Å². The highest BCUT2D eigenvalue weighted by Gasteiger charge is 2.31. The predicted octanol–water partition coefficient (Wildman–Crippen LogP) is 2.44. The van der Waals surface area contributed by atoms with Gasteiger partial charge >= 0.3 is 0 Å². The maximum atomic E-state index is 12.4. The zero-order valence-corrected chi connectivity index (χ0v) is 11.3. The number of ether oxygens (including phenoxy) is 1. The molecule has 2 rings (SSSR count). The smallest absolute Gasteiger partial charge is 0.179 e. The second-order valence-corrected chi connectivity index (χ2v) is 6.21. The molecule has 4 nitrogen and oxygen atoms in total. The van der Waals surface area contributed by atoms with Crippen molar-refractivity contribution in [2.45, 2.75) is 39.0 Å². The lowest BCUT2D eigenvalue weighted by atomic mass is 9.87. The van der Waals surface area contributed by atoms with E-state index in [4.69, 9.17) is 4.74 Å². The summed E-state index contributed by atoms with van der Waals surface area (Å²) in [5.41, 5.74) is 0.711. The Labute approximate surface area is 106 Å². The fourth-order valence-corrected chi connectivity index (χ4v) is 2.88. The highest BCUT2D eigenvalue weighted by Crippen LogP contribution is 2.30. The van der Waals surface area contributed by atoms with E-state index in [1.54, 1.807) is 0 Å². The first-order valence-electron chi connectivity index (χ1n) is 5.95. The van der Waals surface area contributed by atoms with E-state index in [2.05, 4.69) is 30.4 Å². The molecule has 0 N–H and O–H groups in total. The molecular formula is C12H18N2O2S. The second kappa shape index (κ2) is 4.82. The third kappa shape index (κ3) is 2.72. The summed E-state index contributed by atoms with van der Waals surface area (Å²) in [5, 5.41) is 4.12. The average molecular weight is 254 g/mol. The van der Waals surface area contributed by atoms with Crippen molar-refractivity contribution in [2.75, 3.05) is 13.2 Å². The molecule has 0 aliphatic carbocycles. The van der Waals surface area contributed by atoms with Crippen molar-refractivity contribution in [3.63, 3.8) is 0 Å². The molecule has 2 heterocycles. The van der Waals surface area contributed by atoms with Crippen LogP contribution >= 0.6 is 11.5 Å². The molecule has 1 aliphatic heterocycles. The van der Waals surface area contributed by atoms with E-state index in [1.165, 1.54) is 11.5 Å². The minimum absolute atomic E-state index is 0.0899. The predicted molar refractivity (Wildman–Crippen MR) is 66.5 cm³/mol. The van der Waals surface area contributed by atoms with Crippen LogP contribution in [0.3, 0.4) is 0 Å². The van der Waals surface area contributed by atoms with Crippen molar-refractivity contribution in [2.24, 2.45) is 5.92 Å². The van der Waals surface area contributed by atoms with Gasteiger partial charge in [0.1, 0.15) is 4.88 Å². The number of ketones is 1. The Bertz CT molecular complexity index is 403. The van der Waals surface area contributed by atoms with Crippen LogP contribution in [0, 0.1) is 5.92 Å². The van der Waals surface area contributed by atoms with Crippen molar-refractivity contribution in [1.29, 1.82) is 0 Å². The lowest BCUT2D eigenvalue weighted by Crippen LogP contribution is -2.25. The van der Waals surface area contributed by atoms with E-state index in [0.717, 1.165) is 23.4 Å². The van der Waals surface area contributed by atoms with Crippen LogP contribution in [-0.2, 0) is 10.2 Å². The molecule has 0 bridgehead atoms. The van der Waals surface area contributed by atoms with Crippen LogP contribution in [0.1, 0.15) is 49.0 Å². The average Bonchev–Trinajstić information content (AvgIpc) is 2.78. The van der Waals surface area contributed by atoms with Crippen molar-refractivity contribution in [3.05, 3.63) is 10.6 Å². The summed E-state index contributed by atoms with van der Waals surface area (Å²) in [6.07, 6.45) is 1.64. The summed E-state index contributed by atoms with van der Waals surface area (Å²) in [5.74, 6) is 0.292. The molecule has 0 unspecified atom stereocenters. The summed E-state index contributed by atoms with van der Waals surface area (Å²) in [6, 6.07) is 0. The van der Waals surface area contributed by atoms with Gasteiger partial charge in [-0.15, -0.1) is 5.10 Å². The van der Waals surface area contributed by atoms with Crippen molar-refractivity contribution in [1.82, 2.24) is 9.59 Å². The van der Waals surface area contributed by atoms with Crippen molar-refractivity contribution in [3.8, 4) is 0 Å². The molecule has 0 atom stereocenters. The molecular weight excluding hydrogens is 236 g/mol. The van der Waals surface area contributed by atoms with Crippen LogP contribution in [0.4, 0.5) is 0 Å². The maximum Gasteiger partial charge on any atom is 0.179 e. The standard InChI is InChI=1S/C12H18N2O2S/c1-12(2,3)11-10(17-14-13-11)9(15)8-4-6-16-7-5-8/h8H,4-7H2,1-3H3. The van der Waals surface area contributed by atoms with E-state index >= 15 is 0 Å². The Morgan fingerprint density at radius 3 is 2.59 bits per heavy atom. The summed E-state index contributed by atoms with van der Waals surface area (Å²) in [7, 11) is 0. The van der Waals surface area contributed by atoms with Gasteiger partial charge in [-0.1, -0.05) is 25.3 Å². The Hall–Kier alpha value is -0.810. The molecule has 1 fully saturated rings. The van der Waals surface area contributed by atoms with E-state index in [9.17, 15) is 4.79 Å². The molecule has 94 valence electrons. The third-order valence-corrected chi connectivity index (χ3v) is 3.75. The zero-order chi connectivity index (χ0) is 12.5. The van der Waals surface area contributed by atoms with Gasteiger partial charge in [-0.2, -0.15) is 0 Å². The Morgan fingerprint density at radius 2 is 2.00 bits per heavy atom. The molecule has 1 aromatic heterocycles. The van der Waals surface area contributed by atoms with E-state index < -0.39 is 0 Å². The number of nitrogens with zero attached hydrogens (tertiary/aromatic N) is 2. The van der Waals surface area contributed by atoms with E-state index in [1.807, 2.05) is 0 Å². The molecule has 1 aliphatic rings. The van der Waals surface area contributed by atoms with Gasteiger partial charge < -0.3 is 4.74 Å². The van der Waals surface area contributed by atoms with Crippen LogP contribution in [0.25, 0.3) is 0 Å². The van der Waals surface area contributed by atoms with Gasteiger partial charge in [0.25, 0.3) is 0 Å². The first-order chi connectivity index (χ1) is 8.00. The van der Waals surface area contributed by atoms with Crippen LogP contribution < -0.4 is 0 Å². The van der Waals surface area contributed by atoms with Gasteiger partial charge in [0.05, 0.1) is 5.69 Å². The fourth-order valence-electron chi connectivity index (χ4n) is 1.99. The molecule has 17 heavy (non-hydrogen) atoms.